The van der Waals surface area contributed by atoms with Crippen molar-refractivity contribution in [1.29, 1.82) is 0 Å². The van der Waals surface area contributed by atoms with E-state index >= 15 is 0 Å². The Kier molecular flexibility index (Phi) is 10.9. The summed E-state index contributed by atoms with van der Waals surface area (Å²) in [5.74, 6) is -5.63. The smallest absolute Gasteiger partial charge is 0.336 e. The highest BCUT2D eigenvalue weighted by Crippen LogP contribution is 2.43. The minimum atomic E-state index is -1.44. The maximum absolute atomic E-state index is 14.7. The van der Waals surface area contributed by atoms with Crippen molar-refractivity contribution < 1.29 is 42.6 Å². The van der Waals surface area contributed by atoms with E-state index in [1.165, 1.54) is 12.1 Å². The monoisotopic (exact) mass is 814 g/mol. The molecule has 0 spiro atoms. The predicted octanol–water partition coefficient (Wildman–Crippen LogP) is 7.42. The number of nitrogens with one attached hydrogen (secondary N) is 4. The fourth-order valence-electron chi connectivity index (χ4n) is 6.43. The standard InChI is InChI=1S/C44H36F2N6O8/c1-44(2,3)37-20-38(50-43(59)49-25-9-5-4-6-10-25)52(51-37)26-11-7-8-23(14-26)21-47-39(55)22-48-41(56)24-12-13-27(42(57)58)28(15-24)40-29-16-31(45)33(53)18-35(29)60-36-19-34(54)32(46)17-30(36)40/h4-20,53H,21-22H2,1-3H3,(H,47,55)(H,48,56)(H,57,58)(H2,49,50,59). The number of anilines is 2. The van der Waals surface area contributed by atoms with Crippen molar-refractivity contribution in [3.8, 4) is 33.9 Å². The van der Waals surface area contributed by atoms with E-state index < -0.39 is 53.2 Å². The summed E-state index contributed by atoms with van der Waals surface area (Å²) in [5, 5.41) is 35.7. The van der Waals surface area contributed by atoms with Crippen LogP contribution in [0, 0.1) is 11.6 Å². The molecule has 4 aromatic carbocycles. The van der Waals surface area contributed by atoms with Gasteiger partial charge in [0.15, 0.2) is 17.4 Å². The van der Waals surface area contributed by atoms with Crippen LogP contribution < -0.4 is 26.7 Å². The van der Waals surface area contributed by atoms with Gasteiger partial charge in [-0.2, -0.15) is 5.10 Å². The molecule has 0 bridgehead atoms. The summed E-state index contributed by atoms with van der Waals surface area (Å²) in [4.78, 5) is 63.9. The van der Waals surface area contributed by atoms with E-state index in [-0.39, 0.29) is 56.5 Å². The number of halogens is 2. The van der Waals surface area contributed by atoms with Crippen LogP contribution in [-0.4, -0.2) is 50.4 Å². The summed E-state index contributed by atoms with van der Waals surface area (Å²) in [7, 11) is 0. The second kappa shape index (κ2) is 16.2. The van der Waals surface area contributed by atoms with Crippen LogP contribution in [0.4, 0.5) is 25.1 Å². The predicted molar refractivity (Wildman–Crippen MR) is 219 cm³/mol. The van der Waals surface area contributed by atoms with Crippen molar-refractivity contribution >= 4 is 46.3 Å². The number of hydrogen-bond acceptors (Lipinski definition) is 8. The van der Waals surface area contributed by atoms with Gasteiger partial charge in [0.05, 0.1) is 23.5 Å². The molecule has 1 aromatic heterocycles. The van der Waals surface area contributed by atoms with Gasteiger partial charge >= 0.3 is 12.0 Å². The first-order chi connectivity index (χ1) is 28.5. The maximum atomic E-state index is 14.7. The zero-order valence-electron chi connectivity index (χ0n) is 32.2. The third-order valence-electron chi connectivity index (χ3n) is 9.43. The van der Waals surface area contributed by atoms with E-state index in [0.29, 0.717) is 22.8 Å². The molecule has 14 nitrogen and oxygen atoms in total. The second-order valence-corrected chi connectivity index (χ2v) is 14.8. The number of para-hydroxylation sites is 1. The van der Waals surface area contributed by atoms with Gasteiger partial charge < -0.3 is 30.6 Å². The molecular formula is C44H36F2N6O8. The van der Waals surface area contributed by atoms with Gasteiger partial charge in [-0.25, -0.2) is 23.1 Å². The molecule has 0 atom stereocenters. The summed E-state index contributed by atoms with van der Waals surface area (Å²) in [6, 6.07) is 24.4. The third-order valence-corrected chi connectivity index (χ3v) is 9.43. The van der Waals surface area contributed by atoms with Gasteiger partial charge in [0, 0.05) is 57.9 Å². The Hall–Kier alpha value is -7.88. The molecule has 2 aliphatic rings. The SMILES string of the molecule is CC(C)(C)c1cc(NC(=O)Nc2ccccc2)n(-c2cccc(CNC(=O)CNC(=O)c3ccc(C(=O)O)c(-c4c5cc(F)c(=O)cc-5oc5cc(O)c(F)cc45)c3)c2)n1. The van der Waals surface area contributed by atoms with Crippen molar-refractivity contribution in [1.82, 2.24) is 20.4 Å². The van der Waals surface area contributed by atoms with Gasteiger partial charge in [-0.15, -0.1) is 0 Å². The van der Waals surface area contributed by atoms with Gasteiger partial charge in [-0.05, 0) is 65.7 Å². The number of aromatic hydroxyl groups is 1. The average Bonchev–Trinajstić information content (AvgIpc) is 3.64. The molecule has 60 heavy (non-hydrogen) atoms. The molecular weight excluding hydrogens is 779 g/mol. The zero-order chi connectivity index (χ0) is 42.9. The Bertz CT molecular complexity index is 2870. The third kappa shape index (κ3) is 8.52. The zero-order valence-corrected chi connectivity index (χ0v) is 32.2. The Morgan fingerprint density at radius 1 is 0.817 bits per heavy atom. The highest BCUT2D eigenvalue weighted by molar-refractivity contribution is 6.09. The van der Waals surface area contributed by atoms with Crippen LogP contribution in [0.5, 0.6) is 5.75 Å². The molecule has 16 heteroatoms. The lowest BCUT2D eigenvalue weighted by atomic mass is 9.89. The van der Waals surface area contributed by atoms with Crippen LogP contribution in [0.15, 0.2) is 112 Å². The first-order valence-electron chi connectivity index (χ1n) is 18.4. The lowest BCUT2D eigenvalue weighted by Gasteiger charge is -2.18. The number of phenolic OH excluding ortho intramolecular Hbond substituents is 1. The lowest BCUT2D eigenvalue weighted by Crippen LogP contribution is -2.36. The molecule has 0 saturated carbocycles. The number of rotatable bonds is 10. The normalized spacial score (nSPS) is 11.3. The highest BCUT2D eigenvalue weighted by atomic mass is 19.1. The number of fused-ring (bicyclic) bond motifs is 2. The topological polar surface area (TPSA) is 205 Å². The summed E-state index contributed by atoms with van der Waals surface area (Å²) < 4.78 is 36.6. The van der Waals surface area contributed by atoms with Gasteiger partial charge in [0.1, 0.15) is 17.2 Å². The number of nitrogens with zero attached hydrogens (tertiary/aromatic N) is 2. The van der Waals surface area contributed by atoms with Crippen LogP contribution >= 0.6 is 0 Å². The van der Waals surface area contributed by atoms with Crippen LogP contribution in [-0.2, 0) is 16.8 Å². The number of aromatic nitrogens is 2. The summed E-state index contributed by atoms with van der Waals surface area (Å²) in [6.07, 6.45) is 0. The largest absolute Gasteiger partial charge is 0.505 e. The second-order valence-electron chi connectivity index (χ2n) is 14.8. The number of amides is 4. The fourth-order valence-corrected chi connectivity index (χ4v) is 6.43. The lowest BCUT2D eigenvalue weighted by molar-refractivity contribution is -0.120. The van der Waals surface area contributed by atoms with E-state index in [2.05, 4.69) is 21.3 Å². The number of carbonyl (C=O) groups excluding carboxylic acids is 3. The molecule has 6 N–H and O–H groups in total. The number of carboxylic acid groups (broad SMARTS) is 1. The minimum Gasteiger partial charge on any atom is -0.505 e. The van der Waals surface area contributed by atoms with Gasteiger partial charge in [-0.1, -0.05) is 51.1 Å². The van der Waals surface area contributed by atoms with Crippen LogP contribution in [0.25, 0.3) is 39.1 Å². The van der Waals surface area contributed by atoms with Crippen LogP contribution in [0.3, 0.4) is 0 Å². The fraction of sp³-hybridized carbons (Fsp3) is 0.136. The highest BCUT2D eigenvalue weighted by Gasteiger charge is 2.26. The quantitative estimate of drug-likeness (QED) is 0.0759. The number of carbonyl (C=O) groups is 4. The Balaban J connectivity index is 1.08. The van der Waals surface area contributed by atoms with Crippen molar-refractivity contribution in [3.63, 3.8) is 0 Å². The van der Waals surface area contributed by atoms with Crippen molar-refractivity contribution in [2.24, 2.45) is 0 Å². The summed E-state index contributed by atoms with van der Waals surface area (Å²) >= 11 is 0. The maximum Gasteiger partial charge on any atom is 0.336 e. The van der Waals surface area contributed by atoms with Gasteiger partial charge in [0.2, 0.25) is 11.3 Å². The number of aromatic carboxylic acids is 1. The van der Waals surface area contributed by atoms with Gasteiger partial charge in [0.25, 0.3) is 5.91 Å². The number of phenols is 1. The van der Waals surface area contributed by atoms with E-state index in [0.717, 1.165) is 36.0 Å². The van der Waals surface area contributed by atoms with Crippen LogP contribution in [0.2, 0.25) is 0 Å². The number of benzene rings is 5. The van der Waals surface area contributed by atoms with Crippen molar-refractivity contribution in [3.05, 3.63) is 147 Å². The molecule has 0 saturated heterocycles. The van der Waals surface area contributed by atoms with Crippen molar-refractivity contribution in [2.45, 2.75) is 32.7 Å². The van der Waals surface area contributed by atoms with Gasteiger partial charge in [-0.3, -0.25) is 19.7 Å². The number of urea groups is 1. The Morgan fingerprint density at radius 2 is 1.58 bits per heavy atom. The first kappa shape index (κ1) is 40.3. The molecule has 0 fully saturated rings. The Labute approximate surface area is 339 Å². The number of carboxylic acids is 1. The molecule has 0 radical (unpaired) electrons. The molecule has 2 heterocycles. The van der Waals surface area contributed by atoms with E-state index in [4.69, 9.17) is 9.52 Å². The molecule has 4 amide bonds. The summed E-state index contributed by atoms with van der Waals surface area (Å²) in [6.45, 7) is 5.56. The van der Waals surface area contributed by atoms with Crippen LogP contribution in [0.1, 0.15) is 52.7 Å². The minimum absolute atomic E-state index is 0.0532. The van der Waals surface area contributed by atoms with E-state index in [1.807, 2.05) is 26.8 Å². The number of hydrogen-bond donors (Lipinski definition) is 6. The Morgan fingerprint density at radius 3 is 2.32 bits per heavy atom. The molecule has 1 aliphatic heterocycles. The molecule has 304 valence electrons. The molecule has 0 unspecified atom stereocenters. The van der Waals surface area contributed by atoms with E-state index in [1.54, 1.807) is 59.3 Å². The first-order valence-corrected chi connectivity index (χ1v) is 18.4. The summed E-state index contributed by atoms with van der Waals surface area (Å²) in [5.41, 5.74) is 0.273. The molecule has 5 aromatic rings. The average molecular weight is 815 g/mol. The van der Waals surface area contributed by atoms with E-state index in [9.17, 15) is 43.0 Å². The molecule has 7 rings (SSSR count). The molecule has 1 aliphatic carbocycles. The van der Waals surface area contributed by atoms with Crippen molar-refractivity contribution in [2.75, 3.05) is 17.2 Å².